The van der Waals surface area contributed by atoms with E-state index in [0.29, 0.717) is 18.1 Å². The van der Waals surface area contributed by atoms with Gasteiger partial charge in [-0.2, -0.15) is 13.2 Å². The molecule has 1 aromatic carbocycles. The first-order valence-corrected chi connectivity index (χ1v) is 7.31. The lowest BCUT2D eigenvalue weighted by atomic mass is 10.3. The first-order valence-electron chi connectivity index (χ1n) is 7.31. The highest BCUT2D eigenvalue weighted by molar-refractivity contribution is 5.81. The summed E-state index contributed by atoms with van der Waals surface area (Å²) < 4.78 is 46.5. The van der Waals surface area contributed by atoms with Crippen LogP contribution in [0.4, 0.5) is 13.2 Å². The topological polar surface area (TPSA) is 76.7 Å². The van der Waals surface area contributed by atoms with E-state index in [1.165, 1.54) is 0 Å². The standard InChI is InChI=1S/C15H19F3N2O4/c1-2-23-11-6-3-4-7-12(11)24-10-13(21)19-8-5-9-20-14(22)15(16,17)18/h3-4,6-7H,2,5,8-10H2,1H3,(H,19,21)(H,20,22). The number of para-hydroxylation sites is 2. The van der Waals surface area contributed by atoms with E-state index in [0.717, 1.165) is 0 Å². The zero-order chi connectivity index (χ0) is 18.0. The number of halogens is 3. The van der Waals surface area contributed by atoms with E-state index in [4.69, 9.17) is 9.47 Å². The molecule has 0 saturated heterocycles. The van der Waals surface area contributed by atoms with Crippen molar-refractivity contribution < 1.29 is 32.2 Å². The van der Waals surface area contributed by atoms with Gasteiger partial charge in [-0.25, -0.2) is 0 Å². The molecule has 1 rings (SSSR count). The second-order valence-corrected chi connectivity index (χ2v) is 4.63. The number of benzene rings is 1. The zero-order valence-electron chi connectivity index (χ0n) is 13.1. The maximum Gasteiger partial charge on any atom is 0.471 e. The maximum atomic E-state index is 11.9. The third kappa shape index (κ3) is 7.21. The molecule has 1 aromatic rings. The Balaban J connectivity index is 2.22. The van der Waals surface area contributed by atoms with Crippen LogP contribution in [0.5, 0.6) is 11.5 Å². The SMILES string of the molecule is CCOc1ccccc1OCC(=O)NCCCNC(=O)C(F)(F)F. The van der Waals surface area contributed by atoms with Gasteiger partial charge in [0.25, 0.3) is 5.91 Å². The Kier molecular flexibility index (Phi) is 7.87. The quantitative estimate of drug-likeness (QED) is 0.666. The monoisotopic (exact) mass is 348 g/mol. The van der Waals surface area contributed by atoms with Gasteiger partial charge in [0, 0.05) is 13.1 Å². The summed E-state index contributed by atoms with van der Waals surface area (Å²) in [7, 11) is 0. The number of carbonyl (C=O) groups is 2. The van der Waals surface area contributed by atoms with E-state index in [2.05, 4.69) is 5.32 Å². The van der Waals surface area contributed by atoms with Crippen LogP contribution in [-0.4, -0.2) is 44.3 Å². The molecule has 0 aromatic heterocycles. The molecule has 0 aliphatic heterocycles. The molecular formula is C15H19F3N2O4. The molecular weight excluding hydrogens is 329 g/mol. The normalized spacial score (nSPS) is 10.8. The van der Waals surface area contributed by atoms with Gasteiger partial charge in [0.1, 0.15) is 0 Å². The summed E-state index contributed by atoms with van der Waals surface area (Å²) in [5, 5.41) is 4.19. The molecule has 0 atom stereocenters. The molecule has 134 valence electrons. The second kappa shape index (κ2) is 9.64. The predicted molar refractivity (Wildman–Crippen MR) is 79.8 cm³/mol. The number of hydrogen-bond donors (Lipinski definition) is 2. The number of hydrogen-bond acceptors (Lipinski definition) is 4. The van der Waals surface area contributed by atoms with E-state index in [1.807, 2.05) is 6.92 Å². The van der Waals surface area contributed by atoms with Crippen LogP contribution < -0.4 is 20.1 Å². The summed E-state index contributed by atoms with van der Waals surface area (Å²) in [5.74, 6) is -1.48. The molecule has 0 heterocycles. The van der Waals surface area contributed by atoms with Crippen molar-refractivity contribution >= 4 is 11.8 Å². The minimum absolute atomic E-state index is 0.118. The molecule has 9 heteroatoms. The fraction of sp³-hybridized carbons (Fsp3) is 0.467. The molecule has 6 nitrogen and oxygen atoms in total. The van der Waals surface area contributed by atoms with Crippen LogP contribution in [0.2, 0.25) is 0 Å². The van der Waals surface area contributed by atoms with Gasteiger partial charge < -0.3 is 20.1 Å². The van der Waals surface area contributed by atoms with Crippen LogP contribution in [-0.2, 0) is 9.59 Å². The number of carbonyl (C=O) groups excluding carboxylic acids is 2. The summed E-state index contributed by atoms with van der Waals surface area (Å²) in [6, 6.07) is 6.87. The fourth-order valence-electron chi connectivity index (χ4n) is 1.66. The average molecular weight is 348 g/mol. The Bertz CT molecular complexity index is 550. The second-order valence-electron chi connectivity index (χ2n) is 4.63. The molecule has 0 spiro atoms. The zero-order valence-corrected chi connectivity index (χ0v) is 13.1. The van der Waals surface area contributed by atoms with Gasteiger partial charge in [-0.3, -0.25) is 9.59 Å². The van der Waals surface area contributed by atoms with Gasteiger partial charge in [-0.1, -0.05) is 12.1 Å². The molecule has 0 saturated carbocycles. The van der Waals surface area contributed by atoms with Crippen molar-refractivity contribution in [2.75, 3.05) is 26.3 Å². The Morgan fingerprint density at radius 1 is 1.04 bits per heavy atom. The number of alkyl halides is 3. The molecule has 0 unspecified atom stereocenters. The molecule has 0 radical (unpaired) electrons. The van der Waals surface area contributed by atoms with E-state index in [-0.39, 0.29) is 26.1 Å². The van der Waals surface area contributed by atoms with Gasteiger partial charge in [0.15, 0.2) is 18.1 Å². The number of rotatable bonds is 9. The van der Waals surface area contributed by atoms with Crippen molar-refractivity contribution in [1.29, 1.82) is 0 Å². The fourth-order valence-corrected chi connectivity index (χ4v) is 1.66. The molecule has 2 N–H and O–H groups in total. The van der Waals surface area contributed by atoms with Gasteiger partial charge in [-0.05, 0) is 25.5 Å². The Hall–Kier alpha value is -2.45. The minimum atomic E-state index is -4.90. The lowest BCUT2D eigenvalue weighted by Gasteiger charge is -2.12. The van der Waals surface area contributed by atoms with E-state index in [9.17, 15) is 22.8 Å². The summed E-state index contributed by atoms with van der Waals surface area (Å²) in [5.41, 5.74) is 0. The Morgan fingerprint density at radius 2 is 1.62 bits per heavy atom. The van der Waals surface area contributed by atoms with E-state index >= 15 is 0 Å². The van der Waals surface area contributed by atoms with Crippen molar-refractivity contribution in [1.82, 2.24) is 10.6 Å². The average Bonchev–Trinajstić information content (AvgIpc) is 2.53. The van der Waals surface area contributed by atoms with Crippen molar-refractivity contribution in [2.24, 2.45) is 0 Å². The summed E-state index contributed by atoms with van der Waals surface area (Å²) in [6.45, 7) is 1.95. The van der Waals surface area contributed by atoms with E-state index < -0.39 is 18.0 Å². The smallest absolute Gasteiger partial charge is 0.471 e. The highest BCUT2D eigenvalue weighted by Gasteiger charge is 2.38. The third-order valence-electron chi connectivity index (χ3n) is 2.73. The van der Waals surface area contributed by atoms with E-state index in [1.54, 1.807) is 29.6 Å². The predicted octanol–water partition coefficient (Wildman–Crippen LogP) is 1.65. The van der Waals surface area contributed by atoms with Crippen LogP contribution >= 0.6 is 0 Å². The largest absolute Gasteiger partial charge is 0.490 e. The van der Waals surface area contributed by atoms with Gasteiger partial charge >= 0.3 is 12.1 Å². The molecule has 0 fully saturated rings. The first kappa shape index (κ1) is 19.6. The molecule has 24 heavy (non-hydrogen) atoms. The van der Waals surface area contributed by atoms with Crippen LogP contribution in [0.1, 0.15) is 13.3 Å². The number of nitrogens with one attached hydrogen (secondary N) is 2. The summed E-state index contributed by atoms with van der Waals surface area (Å²) in [6.07, 6.45) is -4.73. The van der Waals surface area contributed by atoms with Crippen LogP contribution in [0.25, 0.3) is 0 Å². The van der Waals surface area contributed by atoms with Gasteiger partial charge in [-0.15, -0.1) is 0 Å². The lowest BCUT2D eigenvalue weighted by Crippen LogP contribution is -2.38. The maximum absolute atomic E-state index is 11.9. The molecule has 2 amide bonds. The van der Waals surface area contributed by atoms with Crippen molar-refractivity contribution in [3.63, 3.8) is 0 Å². The molecule has 0 bridgehead atoms. The highest BCUT2D eigenvalue weighted by atomic mass is 19.4. The molecule has 0 aliphatic rings. The van der Waals surface area contributed by atoms with Gasteiger partial charge in [0.05, 0.1) is 6.61 Å². The van der Waals surface area contributed by atoms with Crippen LogP contribution in [0.3, 0.4) is 0 Å². The summed E-state index contributed by atoms with van der Waals surface area (Å²) in [4.78, 5) is 22.1. The van der Waals surface area contributed by atoms with Crippen LogP contribution in [0, 0.1) is 0 Å². The molecule has 0 aliphatic carbocycles. The van der Waals surface area contributed by atoms with Gasteiger partial charge in [0.2, 0.25) is 0 Å². The highest BCUT2D eigenvalue weighted by Crippen LogP contribution is 2.26. The van der Waals surface area contributed by atoms with Crippen molar-refractivity contribution in [3.8, 4) is 11.5 Å². The lowest BCUT2D eigenvalue weighted by molar-refractivity contribution is -0.173. The minimum Gasteiger partial charge on any atom is -0.490 e. The number of ether oxygens (including phenoxy) is 2. The first-order chi connectivity index (χ1) is 11.3. The number of amides is 2. The van der Waals surface area contributed by atoms with Crippen molar-refractivity contribution in [2.45, 2.75) is 19.5 Å². The Labute approximate surface area is 137 Å². The van der Waals surface area contributed by atoms with Crippen molar-refractivity contribution in [3.05, 3.63) is 24.3 Å². The third-order valence-corrected chi connectivity index (χ3v) is 2.73. The van der Waals surface area contributed by atoms with Crippen LogP contribution in [0.15, 0.2) is 24.3 Å². The Morgan fingerprint density at radius 3 is 2.21 bits per heavy atom. The summed E-state index contributed by atoms with van der Waals surface area (Å²) >= 11 is 0.